The molecule has 1 aromatic carbocycles. The van der Waals surface area contributed by atoms with Crippen molar-refractivity contribution in [3.05, 3.63) is 67.7 Å². The molecule has 4 aromatic rings. The molecule has 0 bridgehead atoms. The summed E-state index contributed by atoms with van der Waals surface area (Å²) in [7, 11) is 1.34. The summed E-state index contributed by atoms with van der Waals surface area (Å²) >= 11 is 7.36. The minimum absolute atomic E-state index is 0.00354. The molecule has 4 rings (SSSR count). The summed E-state index contributed by atoms with van der Waals surface area (Å²) < 4.78 is 21.6. The Hall–Kier alpha value is -3.55. The number of thiophene rings is 1. The van der Waals surface area contributed by atoms with E-state index >= 15 is 0 Å². The Morgan fingerprint density at radius 3 is 2.75 bits per heavy atom. The molecule has 0 fully saturated rings. The van der Waals surface area contributed by atoms with Crippen LogP contribution in [-0.4, -0.2) is 26.4 Å². The summed E-state index contributed by atoms with van der Waals surface area (Å²) in [6, 6.07) is 7.78. The van der Waals surface area contributed by atoms with Crippen molar-refractivity contribution in [2.45, 2.75) is 19.9 Å². The normalized spacial score (nSPS) is 11.0. The number of methoxy groups -OCH3 is 1. The molecule has 3 aromatic heterocycles. The molecule has 0 aliphatic rings. The zero-order valence-corrected chi connectivity index (χ0v) is 18.5. The Kier molecular flexibility index (Phi) is 5.78. The second-order valence-corrected chi connectivity index (χ2v) is 8.33. The van der Waals surface area contributed by atoms with Gasteiger partial charge in [0.15, 0.2) is 17.4 Å². The van der Waals surface area contributed by atoms with Crippen LogP contribution in [-0.2, 0) is 6.54 Å². The molecule has 3 heterocycles. The fourth-order valence-electron chi connectivity index (χ4n) is 3.29. The Bertz CT molecular complexity index is 1520. The van der Waals surface area contributed by atoms with E-state index in [4.69, 9.17) is 21.6 Å². The fraction of sp³-hybridized carbons (Fsp3) is 0.190. The highest BCUT2D eigenvalue weighted by Gasteiger charge is 2.21. The van der Waals surface area contributed by atoms with Gasteiger partial charge in [0, 0.05) is 17.0 Å². The number of benzene rings is 1. The van der Waals surface area contributed by atoms with Crippen molar-refractivity contribution < 1.29 is 9.13 Å². The maximum Gasteiger partial charge on any atom is 0.337 e. The Labute approximate surface area is 189 Å². The Morgan fingerprint density at radius 1 is 1.28 bits per heavy atom. The molecule has 11 heteroatoms. The average molecular weight is 472 g/mol. The van der Waals surface area contributed by atoms with Crippen molar-refractivity contribution >= 4 is 33.2 Å². The molecule has 0 radical (unpaired) electrons. The summed E-state index contributed by atoms with van der Waals surface area (Å²) in [6.45, 7) is 1.84. The van der Waals surface area contributed by atoms with Crippen molar-refractivity contribution in [3.63, 3.8) is 0 Å². The number of nitrogens with zero attached hydrogens (tertiary/aromatic N) is 5. The van der Waals surface area contributed by atoms with Crippen LogP contribution in [0.15, 0.2) is 40.1 Å². The number of rotatable bonds is 5. The first-order valence-corrected chi connectivity index (χ1v) is 10.5. The van der Waals surface area contributed by atoms with E-state index in [1.165, 1.54) is 23.9 Å². The summed E-state index contributed by atoms with van der Waals surface area (Å²) in [4.78, 5) is 27.1. The molecule has 0 spiro atoms. The number of hydrogen-bond donors (Lipinski definition) is 0. The van der Waals surface area contributed by atoms with E-state index in [9.17, 15) is 14.0 Å². The average Bonchev–Trinajstić information content (AvgIpc) is 3.19. The highest BCUT2D eigenvalue weighted by molar-refractivity contribution is 7.22. The smallest absolute Gasteiger partial charge is 0.337 e. The highest BCUT2D eigenvalue weighted by Crippen LogP contribution is 2.38. The predicted molar refractivity (Wildman–Crippen MR) is 119 cm³/mol. The molecule has 0 atom stereocenters. The lowest BCUT2D eigenvalue weighted by molar-refractivity contribution is 0.387. The van der Waals surface area contributed by atoms with E-state index in [0.717, 1.165) is 27.5 Å². The molecule has 0 N–H and O–H groups in total. The van der Waals surface area contributed by atoms with Gasteiger partial charge < -0.3 is 4.74 Å². The lowest BCUT2D eigenvalue weighted by atomic mass is 10.1. The number of nitriles is 1. The lowest BCUT2D eigenvalue weighted by Gasteiger charge is -2.10. The quantitative estimate of drug-likeness (QED) is 0.439. The highest BCUT2D eigenvalue weighted by atomic mass is 35.5. The van der Waals surface area contributed by atoms with Crippen LogP contribution < -0.4 is 16.0 Å². The predicted octanol–water partition coefficient (Wildman–Crippen LogP) is 3.69. The minimum atomic E-state index is -0.634. The third kappa shape index (κ3) is 3.66. The number of fused-ring (bicyclic) bond motifs is 1. The minimum Gasteiger partial charge on any atom is -0.494 e. The zero-order chi connectivity index (χ0) is 23.0. The Morgan fingerprint density at radius 2 is 2.06 bits per heavy atom. The van der Waals surface area contributed by atoms with Gasteiger partial charge in [-0.15, -0.1) is 16.4 Å². The third-order valence-electron chi connectivity index (χ3n) is 4.78. The van der Waals surface area contributed by atoms with Gasteiger partial charge in [-0.05, 0) is 36.8 Å². The number of aryl methyl sites for hydroxylation is 2. The fourth-order valence-corrected chi connectivity index (χ4v) is 4.72. The summed E-state index contributed by atoms with van der Waals surface area (Å²) in [6.07, 6.45) is 1.57. The molecule has 32 heavy (non-hydrogen) atoms. The second-order valence-electron chi connectivity index (χ2n) is 6.87. The van der Waals surface area contributed by atoms with E-state index in [1.807, 2.05) is 6.07 Å². The molecule has 0 saturated heterocycles. The van der Waals surface area contributed by atoms with Crippen LogP contribution in [0, 0.1) is 24.1 Å². The summed E-state index contributed by atoms with van der Waals surface area (Å²) in [5.74, 6) is -0.533. The van der Waals surface area contributed by atoms with Crippen LogP contribution in [0.5, 0.6) is 5.75 Å². The third-order valence-corrected chi connectivity index (χ3v) is 6.24. The molecule has 0 aliphatic heterocycles. The van der Waals surface area contributed by atoms with E-state index in [-0.39, 0.29) is 34.3 Å². The van der Waals surface area contributed by atoms with Gasteiger partial charge in [-0.3, -0.25) is 9.36 Å². The maximum atomic E-state index is 14.0. The monoisotopic (exact) mass is 471 g/mol. The standard InChI is InChI=1S/C21H15ClFN5O3S/c1-11-6-18(26-25-10-11)28-20(29)19-15(27(21(28)30)5-3-4-24)9-17(32-19)12-7-16(31-2)14(23)8-13(12)22/h6-10H,3,5H2,1-2H3. The van der Waals surface area contributed by atoms with E-state index in [1.54, 1.807) is 19.1 Å². The van der Waals surface area contributed by atoms with Crippen molar-refractivity contribution in [2.75, 3.05) is 7.11 Å². The first-order chi connectivity index (χ1) is 15.3. The van der Waals surface area contributed by atoms with Crippen LogP contribution >= 0.6 is 22.9 Å². The maximum absolute atomic E-state index is 14.0. The second kappa shape index (κ2) is 8.53. The van der Waals surface area contributed by atoms with Crippen molar-refractivity contribution in [2.24, 2.45) is 0 Å². The molecule has 0 amide bonds. The van der Waals surface area contributed by atoms with E-state index in [2.05, 4.69) is 10.2 Å². The summed E-state index contributed by atoms with van der Waals surface area (Å²) in [5.41, 5.74) is 0.324. The van der Waals surface area contributed by atoms with Gasteiger partial charge in [0.25, 0.3) is 5.56 Å². The number of aromatic nitrogens is 4. The topological polar surface area (TPSA) is 103 Å². The number of halogens is 2. The van der Waals surface area contributed by atoms with Gasteiger partial charge in [0.05, 0.1) is 36.3 Å². The SMILES string of the molecule is COc1cc(-c2cc3c(s2)c(=O)n(-c2cc(C)cnn2)c(=O)n3CCC#N)c(Cl)cc1F. The van der Waals surface area contributed by atoms with Crippen molar-refractivity contribution in [3.8, 4) is 28.1 Å². The zero-order valence-electron chi connectivity index (χ0n) is 16.9. The number of hydrogen-bond acceptors (Lipinski definition) is 7. The van der Waals surface area contributed by atoms with Crippen LogP contribution in [0.25, 0.3) is 26.5 Å². The molecule has 0 aliphatic carbocycles. The van der Waals surface area contributed by atoms with Gasteiger partial charge >= 0.3 is 5.69 Å². The molecule has 8 nitrogen and oxygen atoms in total. The van der Waals surface area contributed by atoms with E-state index in [0.29, 0.717) is 16.0 Å². The molecule has 162 valence electrons. The molecular weight excluding hydrogens is 457 g/mol. The van der Waals surface area contributed by atoms with Crippen LogP contribution in [0.1, 0.15) is 12.0 Å². The molecular formula is C21H15ClFN5O3S. The van der Waals surface area contributed by atoms with Crippen molar-refractivity contribution in [1.82, 2.24) is 19.3 Å². The first kappa shape index (κ1) is 21.7. The van der Waals surface area contributed by atoms with Gasteiger partial charge in [-0.25, -0.2) is 13.8 Å². The first-order valence-electron chi connectivity index (χ1n) is 9.35. The molecule has 0 unspecified atom stereocenters. The van der Waals surface area contributed by atoms with Gasteiger partial charge in [-0.1, -0.05) is 11.6 Å². The lowest BCUT2D eigenvalue weighted by Crippen LogP contribution is -2.39. The van der Waals surface area contributed by atoms with E-state index < -0.39 is 17.1 Å². The number of ether oxygens (including phenoxy) is 1. The van der Waals surface area contributed by atoms with Crippen molar-refractivity contribution in [1.29, 1.82) is 5.26 Å². The van der Waals surface area contributed by atoms with Crippen LogP contribution in [0.2, 0.25) is 5.02 Å². The van der Waals surface area contributed by atoms with Gasteiger partial charge in [0.1, 0.15) is 4.70 Å². The van der Waals surface area contributed by atoms with Gasteiger partial charge in [-0.2, -0.15) is 10.4 Å². The summed E-state index contributed by atoms with van der Waals surface area (Å²) in [5, 5.41) is 16.9. The van der Waals surface area contributed by atoms with Crippen LogP contribution in [0.4, 0.5) is 4.39 Å². The van der Waals surface area contributed by atoms with Crippen LogP contribution in [0.3, 0.4) is 0 Å². The largest absolute Gasteiger partial charge is 0.494 e. The molecule has 0 saturated carbocycles. The van der Waals surface area contributed by atoms with Gasteiger partial charge in [0.2, 0.25) is 0 Å². The Balaban J connectivity index is 2.05.